The minimum Gasteiger partial charge on any atom is -0.489 e. The highest BCUT2D eigenvalue weighted by atomic mass is 32.2. The first-order valence-corrected chi connectivity index (χ1v) is 14.9. The Morgan fingerprint density at radius 3 is 2.00 bits per heavy atom. The van der Waals surface area contributed by atoms with Crippen LogP contribution in [0.15, 0.2) is 84.9 Å². The standard InChI is InChI=1S/C30H37N3O5S/c1-4-28(30(35)31-5-2)32(21-20-24-12-8-6-9-13-24)29(34)22-33(39(3,36)37)26-16-18-27(19-17-26)38-23-25-14-10-7-11-15-25/h6-19,28H,4-5,20-23H2,1-3H3,(H,31,35)/t28-/m0/s1. The molecule has 208 valence electrons. The maximum Gasteiger partial charge on any atom is 0.244 e. The Morgan fingerprint density at radius 2 is 1.46 bits per heavy atom. The lowest BCUT2D eigenvalue weighted by molar-refractivity contribution is -0.139. The van der Waals surface area contributed by atoms with E-state index in [1.807, 2.05) is 74.5 Å². The topological polar surface area (TPSA) is 96.0 Å². The third kappa shape index (κ3) is 8.85. The normalized spacial score (nSPS) is 11.9. The van der Waals surface area contributed by atoms with E-state index >= 15 is 0 Å². The predicted molar refractivity (Wildman–Crippen MR) is 154 cm³/mol. The van der Waals surface area contributed by atoms with E-state index in [1.54, 1.807) is 24.3 Å². The first-order valence-electron chi connectivity index (χ1n) is 13.1. The summed E-state index contributed by atoms with van der Waals surface area (Å²) in [5.74, 6) is -0.125. The number of amides is 2. The number of carbonyl (C=O) groups is 2. The largest absolute Gasteiger partial charge is 0.489 e. The number of sulfonamides is 1. The number of anilines is 1. The molecule has 0 aliphatic heterocycles. The summed E-state index contributed by atoms with van der Waals surface area (Å²) in [5, 5.41) is 2.80. The van der Waals surface area contributed by atoms with Crippen LogP contribution in [-0.4, -0.2) is 57.1 Å². The van der Waals surface area contributed by atoms with E-state index in [0.717, 1.165) is 21.7 Å². The van der Waals surface area contributed by atoms with Crippen molar-refractivity contribution in [3.05, 3.63) is 96.1 Å². The molecule has 39 heavy (non-hydrogen) atoms. The molecule has 1 N–H and O–H groups in total. The summed E-state index contributed by atoms with van der Waals surface area (Å²) in [4.78, 5) is 28.0. The van der Waals surface area contributed by atoms with Crippen molar-refractivity contribution in [1.29, 1.82) is 0 Å². The van der Waals surface area contributed by atoms with Crippen LogP contribution in [0.2, 0.25) is 0 Å². The number of likely N-dealkylation sites (N-methyl/N-ethyl adjacent to an activating group) is 1. The van der Waals surface area contributed by atoms with Gasteiger partial charge >= 0.3 is 0 Å². The minimum absolute atomic E-state index is 0.257. The lowest BCUT2D eigenvalue weighted by atomic mass is 10.1. The highest BCUT2D eigenvalue weighted by Crippen LogP contribution is 2.23. The van der Waals surface area contributed by atoms with E-state index in [0.29, 0.717) is 37.4 Å². The lowest BCUT2D eigenvalue weighted by Gasteiger charge is -2.32. The number of nitrogens with zero attached hydrogens (tertiary/aromatic N) is 2. The van der Waals surface area contributed by atoms with Gasteiger partial charge in [0.25, 0.3) is 0 Å². The fraction of sp³-hybridized carbons (Fsp3) is 0.333. The number of hydrogen-bond donors (Lipinski definition) is 1. The molecule has 0 heterocycles. The molecule has 0 aromatic heterocycles. The summed E-state index contributed by atoms with van der Waals surface area (Å²) in [5.41, 5.74) is 2.37. The van der Waals surface area contributed by atoms with Gasteiger partial charge in [-0.2, -0.15) is 0 Å². The van der Waals surface area contributed by atoms with Gasteiger partial charge in [-0.05, 0) is 55.2 Å². The summed E-state index contributed by atoms with van der Waals surface area (Å²) >= 11 is 0. The van der Waals surface area contributed by atoms with Crippen LogP contribution in [0.5, 0.6) is 5.75 Å². The Bertz CT molecular complexity index is 1300. The number of hydrogen-bond acceptors (Lipinski definition) is 5. The van der Waals surface area contributed by atoms with E-state index in [-0.39, 0.29) is 12.5 Å². The van der Waals surface area contributed by atoms with Gasteiger partial charge in [-0.1, -0.05) is 67.6 Å². The molecule has 3 aromatic carbocycles. The van der Waals surface area contributed by atoms with Crippen molar-refractivity contribution in [2.75, 3.05) is 30.2 Å². The summed E-state index contributed by atoms with van der Waals surface area (Å²) in [6.07, 6.45) is 2.00. The number of ether oxygens (including phenoxy) is 1. The van der Waals surface area contributed by atoms with Crippen molar-refractivity contribution in [2.24, 2.45) is 0 Å². The summed E-state index contributed by atoms with van der Waals surface area (Å²) in [7, 11) is -3.80. The Hall–Kier alpha value is -3.85. The SMILES string of the molecule is CCNC(=O)[C@H](CC)N(CCc1ccccc1)C(=O)CN(c1ccc(OCc2ccccc2)cc1)S(C)(=O)=O. The van der Waals surface area contributed by atoms with Gasteiger partial charge in [0.2, 0.25) is 21.8 Å². The number of rotatable bonds is 14. The third-order valence-corrected chi connectivity index (χ3v) is 7.41. The van der Waals surface area contributed by atoms with Crippen molar-refractivity contribution < 1.29 is 22.7 Å². The molecule has 0 aliphatic rings. The van der Waals surface area contributed by atoms with E-state index in [1.165, 1.54) is 4.90 Å². The molecule has 0 spiro atoms. The second-order valence-corrected chi connectivity index (χ2v) is 11.1. The highest BCUT2D eigenvalue weighted by molar-refractivity contribution is 7.92. The second-order valence-electron chi connectivity index (χ2n) is 9.18. The molecule has 0 aliphatic carbocycles. The average Bonchev–Trinajstić information content (AvgIpc) is 2.93. The van der Waals surface area contributed by atoms with Crippen molar-refractivity contribution in [2.45, 2.75) is 39.3 Å². The Labute approximate surface area is 231 Å². The molecule has 0 saturated carbocycles. The molecular weight excluding hydrogens is 514 g/mol. The van der Waals surface area contributed by atoms with Crippen LogP contribution in [0.3, 0.4) is 0 Å². The predicted octanol–water partition coefficient (Wildman–Crippen LogP) is 4.02. The number of nitrogens with one attached hydrogen (secondary N) is 1. The highest BCUT2D eigenvalue weighted by Gasteiger charge is 2.31. The zero-order valence-corrected chi connectivity index (χ0v) is 23.6. The van der Waals surface area contributed by atoms with Crippen LogP contribution < -0.4 is 14.4 Å². The molecule has 0 saturated heterocycles. The summed E-state index contributed by atoms with van der Waals surface area (Å²) < 4.78 is 32.4. The van der Waals surface area contributed by atoms with Crippen molar-refractivity contribution in [3.8, 4) is 5.75 Å². The van der Waals surface area contributed by atoms with Gasteiger partial charge in [-0.15, -0.1) is 0 Å². The molecule has 0 fully saturated rings. The molecular formula is C30H37N3O5S. The zero-order chi connectivity index (χ0) is 28.3. The maximum atomic E-state index is 13.6. The van der Waals surface area contributed by atoms with E-state index in [9.17, 15) is 18.0 Å². The molecule has 0 radical (unpaired) electrons. The third-order valence-electron chi connectivity index (χ3n) is 6.27. The van der Waals surface area contributed by atoms with Crippen LogP contribution >= 0.6 is 0 Å². The van der Waals surface area contributed by atoms with Crippen LogP contribution in [0, 0.1) is 0 Å². The van der Waals surface area contributed by atoms with E-state index in [2.05, 4.69) is 5.32 Å². The second kappa shape index (κ2) is 14.3. The molecule has 3 rings (SSSR count). The molecule has 8 nitrogen and oxygen atoms in total. The van der Waals surface area contributed by atoms with Gasteiger partial charge in [0.15, 0.2) is 0 Å². The van der Waals surface area contributed by atoms with Crippen molar-refractivity contribution in [3.63, 3.8) is 0 Å². The van der Waals surface area contributed by atoms with Gasteiger partial charge in [-0.25, -0.2) is 8.42 Å². The smallest absolute Gasteiger partial charge is 0.244 e. The molecule has 2 amide bonds. The zero-order valence-electron chi connectivity index (χ0n) is 22.7. The maximum absolute atomic E-state index is 13.6. The summed E-state index contributed by atoms with van der Waals surface area (Å²) in [6, 6.07) is 25.3. The molecule has 0 bridgehead atoms. The molecule has 9 heteroatoms. The van der Waals surface area contributed by atoms with E-state index < -0.39 is 28.5 Å². The molecule has 0 unspecified atom stereocenters. The monoisotopic (exact) mass is 551 g/mol. The van der Waals surface area contributed by atoms with Gasteiger partial charge in [0.05, 0.1) is 11.9 Å². The Balaban J connectivity index is 1.79. The Morgan fingerprint density at radius 1 is 0.872 bits per heavy atom. The van der Waals surface area contributed by atoms with Crippen molar-refractivity contribution >= 4 is 27.5 Å². The fourth-order valence-corrected chi connectivity index (χ4v) is 5.10. The van der Waals surface area contributed by atoms with Gasteiger partial charge < -0.3 is 15.0 Å². The summed E-state index contributed by atoms with van der Waals surface area (Å²) in [6.45, 7) is 4.33. The van der Waals surface area contributed by atoms with Crippen LogP contribution in [0.25, 0.3) is 0 Å². The minimum atomic E-state index is -3.80. The Kier molecular flexibility index (Phi) is 10.9. The lowest BCUT2D eigenvalue weighted by Crippen LogP contribution is -2.53. The van der Waals surface area contributed by atoms with Crippen LogP contribution in [0.4, 0.5) is 5.69 Å². The van der Waals surface area contributed by atoms with Crippen molar-refractivity contribution in [1.82, 2.24) is 10.2 Å². The fourth-order valence-electron chi connectivity index (χ4n) is 4.25. The number of carbonyl (C=O) groups excluding carboxylic acids is 2. The quantitative estimate of drug-likeness (QED) is 0.327. The first-order chi connectivity index (χ1) is 18.7. The first kappa shape index (κ1) is 29.7. The van der Waals surface area contributed by atoms with Gasteiger partial charge in [0, 0.05) is 13.1 Å². The molecule has 1 atom stereocenters. The van der Waals surface area contributed by atoms with Crippen LogP contribution in [-0.2, 0) is 32.6 Å². The molecule has 3 aromatic rings. The number of benzene rings is 3. The van der Waals surface area contributed by atoms with E-state index in [4.69, 9.17) is 4.74 Å². The van der Waals surface area contributed by atoms with Gasteiger partial charge in [0.1, 0.15) is 24.9 Å². The van der Waals surface area contributed by atoms with Gasteiger partial charge in [-0.3, -0.25) is 13.9 Å². The van der Waals surface area contributed by atoms with Crippen LogP contribution in [0.1, 0.15) is 31.4 Å². The average molecular weight is 552 g/mol.